The van der Waals surface area contributed by atoms with E-state index in [0.717, 1.165) is 32.1 Å². The zero-order valence-corrected chi connectivity index (χ0v) is 47.2. The Labute approximate surface area is 457 Å². The summed E-state index contributed by atoms with van der Waals surface area (Å²) in [6, 6.07) is 14.7. The van der Waals surface area contributed by atoms with Crippen LogP contribution in [0.2, 0.25) is 0 Å². The average Bonchev–Trinajstić information content (AvgIpc) is 3.44. The maximum atomic E-state index is 13.3. The lowest BCUT2D eigenvalue weighted by Crippen LogP contribution is -2.65. The van der Waals surface area contributed by atoms with Crippen molar-refractivity contribution in [2.24, 2.45) is 0 Å². The fraction of sp³-hybridized carbons (Fsp3) is 0.673. The molecule has 1 fully saturated rings. The molecule has 0 heterocycles. The van der Waals surface area contributed by atoms with E-state index in [9.17, 15) is 81.9 Å². The number of ether oxygens (including phenoxy) is 2. The molecule has 2 aromatic rings. The summed E-state index contributed by atoms with van der Waals surface area (Å²) in [7, 11) is -23.2. The predicted molar refractivity (Wildman–Crippen MR) is 280 cm³/mol. The number of esters is 2. The number of hydrogen-bond acceptors (Lipinski definition) is 17. The van der Waals surface area contributed by atoms with Crippen LogP contribution in [0.15, 0.2) is 54.6 Å². The Morgan fingerprint density at radius 1 is 0.551 bits per heavy atom. The predicted octanol–water partition coefficient (Wildman–Crippen LogP) is 6.91. The van der Waals surface area contributed by atoms with Crippen LogP contribution in [0.25, 0.3) is 0 Å². The molecule has 10 atom stereocenters. The number of aliphatic hydroxyl groups is 2. The van der Waals surface area contributed by atoms with Crippen molar-refractivity contribution in [2.45, 2.75) is 191 Å². The molecule has 10 N–H and O–H groups in total. The lowest BCUT2D eigenvalue weighted by atomic mass is 9.85. The molecule has 0 bridgehead atoms. The van der Waals surface area contributed by atoms with Crippen LogP contribution in [0.3, 0.4) is 0 Å². The number of unbranched alkanes of at least 4 members (excludes halogenated alkanes) is 16. The first-order valence-corrected chi connectivity index (χ1v) is 32.1. The summed E-state index contributed by atoms with van der Waals surface area (Å²) in [5, 5.41) is 24.5. The normalized spacial score (nSPS) is 21.3. The monoisotopic (exact) mass is 1190 g/mol. The molecule has 29 heteroatoms. The molecule has 1 amide bonds. The minimum Gasteiger partial charge on any atom is -0.462 e. The Balaban J connectivity index is 1.57. The van der Waals surface area contributed by atoms with Crippen LogP contribution in [-0.2, 0) is 71.1 Å². The van der Waals surface area contributed by atoms with Crippen molar-refractivity contribution < 1.29 is 117 Å². The number of nitrogens with one attached hydrogen (secondary N) is 1. The van der Waals surface area contributed by atoms with E-state index in [1.807, 2.05) is 0 Å². The lowest BCUT2D eigenvalue weighted by molar-refractivity contribution is -0.209. The molecule has 1 aliphatic rings. The van der Waals surface area contributed by atoms with Crippen LogP contribution in [0.5, 0.6) is 0 Å². The molecule has 5 unspecified atom stereocenters. The van der Waals surface area contributed by atoms with E-state index < -0.39 is 118 Å². The van der Waals surface area contributed by atoms with Gasteiger partial charge >= 0.3 is 43.2 Å². The summed E-state index contributed by atoms with van der Waals surface area (Å²) in [6.07, 6.45) is -4.41. The molecule has 0 aromatic heterocycles. The maximum absolute atomic E-state index is 13.3. The molecule has 78 heavy (non-hydrogen) atoms. The SMILES string of the molecule is [3H]C(C(=O)NCCCCCC(=O)OC[C@@H](COP(=O)(O)OC1[C@H](O)[C@H](OP(=O)(O)O)C(OP(=O)(O)O)[C@H](OP(=O)(O)O)[C@H]1O)OC(=O)CCCCCCCCCCCCCCCCC)C([3H])c1ccc(C(=O)c2ccccc2)cc1. The molecule has 1 aliphatic carbocycles. The Morgan fingerprint density at radius 3 is 1.50 bits per heavy atom. The van der Waals surface area contributed by atoms with Gasteiger partial charge in [-0.1, -0.05) is 158 Å². The number of rotatable bonds is 41. The number of aryl methyl sites for hydroxylation is 1. The van der Waals surface area contributed by atoms with E-state index in [-0.39, 0.29) is 31.6 Å². The van der Waals surface area contributed by atoms with E-state index >= 15 is 0 Å². The average molecular weight is 1190 g/mol. The molecule has 2 aromatic carbocycles. The van der Waals surface area contributed by atoms with Crippen molar-refractivity contribution in [1.29, 1.82) is 0 Å². The Kier molecular flexibility index (Phi) is 30.0. The van der Waals surface area contributed by atoms with E-state index in [1.165, 1.54) is 75.6 Å². The van der Waals surface area contributed by atoms with Gasteiger partial charge in [0.2, 0.25) is 5.91 Å². The molecule has 3 rings (SSSR count). The third kappa shape index (κ3) is 29.6. The Morgan fingerprint density at radius 2 is 1.00 bits per heavy atom. The second kappa shape index (κ2) is 35.7. The summed E-state index contributed by atoms with van der Waals surface area (Å²) >= 11 is 0. The quantitative estimate of drug-likeness (QED) is 0.0140. The fourth-order valence-corrected chi connectivity index (χ4v) is 10.9. The molecule has 25 nitrogen and oxygen atoms in total. The highest BCUT2D eigenvalue weighted by molar-refractivity contribution is 7.47. The number of phosphoric acid groups is 4. The fourth-order valence-electron chi connectivity index (χ4n) is 8.25. The van der Waals surface area contributed by atoms with E-state index in [2.05, 4.69) is 25.8 Å². The van der Waals surface area contributed by atoms with Gasteiger partial charge in [0, 0.05) is 39.7 Å². The van der Waals surface area contributed by atoms with Crippen molar-refractivity contribution in [2.75, 3.05) is 19.8 Å². The largest absolute Gasteiger partial charge is 0.472 e. The number of aliphatic hydroxyl groups excluding tert-OH is 2. The number of carbonyl (C=O) groups is 4. The molecule has 0 aliphatic heterocycles. The van der Waals surface area contributed by atoms with Gasteiger partial charge in [0.15, 0.2) is 11.9 Å². The molecular formula is C49H79NO24P4. The van der Waals surface area contributed by atoms with Gasteiger partial charge in [0.25, 0.3) is 0 Å². The first-order valence-electron chi connectivity index (χ1n) is 27.2. The molecule has 0 saturated heterocycles. The summed E-state index contributed by atoms with van der Waals surface area (Å²) in [5.74, 6) is -2.58. The van der Waals surface area contributed by atoms with Gasteiger partial charge in [0.05, 0.1) is 6.61 Å². The highest BCUT2D eigenvalue weighted by atomic mass is 31.2. The third-order valence-electron chi connectivity index (χ3n) is 12.2. The van der Waals surface area contributed by atoms with Gasteiger partial charge in [0.1, 0.15) is 43.2 Å². The summed E-state index contributed by atoms with van der Waals surface area (Å²) in [4.78, 5) is 119. The van der Waals surface area contributed by atoms with Gasteiger partial charge in [-0.05, 0) is 31.2 Å². The van der Waals surface area contributed by atoms with Crippen LogP contribution in [0.4, 0.5) is 0 Å². The zero-order valence-electron chi connectivity index (χ0n) is 45.6. The minimum atomic E-state index is -5.84. The topological polar surface area (TPSA) is 395 Å². The van der Waals surface area contributed by atoms with Crippen LogP contribution in [-0.4, -0.2) is 131 Å². The summed E-state index contributed by atoms with van der Waals surface area (Å²) in [5.41, 5.74) is 1.23. The molecular weight excluding hydrogens is 1110 g/mol. The number of hydrogen-bond donors (Lipinski definition) is 10. The van der Waals surface area contributed by atoms with Gasteiger partial charge in [-0.2, -0.15) is 0 Å². The van der Waals surface area contributed by atoms with Gasteiger partial charge in [-0.3, -0.25) is 41.8 Å². The van der Waals surface area contributed by atoms with Crippen molar-refractivity contribution >= 4 is 54.9 Å². The van der Waals surface area contributed by atoms with Crippen LogP contribution < -0.4 is 5.32 Å². The van der Waals surface area contributed by atoms with Gasteiger partial charge in [-0.25, -0.2) is 18.3 Å². The van der Waals surface area contributed by atoms with Crippen LogP contribution in [0.1, 0.15) is 166 Å². The van der Waals surface area contributed by atoms with E-state index in [4.69, 9.17) is 21.3 Å². The number of ketones is 1. The second-order valence-corrected chi connectivity index (χ2v) is 23.7. The molecule has 0 spiro atoms. The molecule has 0 radical (unpaired) electrons. The molecule has 444 valence electrons. The third-order valence-corrected chi connectivity index (χ3v) is 14.7. The zero-order chi connectivity index (χ0) is 59.5. The van der Waals surface area contributed by atoms with Crippen molar-refractivity contribution in [1.82, 2.24) is 5.32 Å². The standard InChI is InChI=1S/C49H79NO24P4/c1-2-3-4-5-6-7-8-9-10-11-12-13-14-15-20-26-42(53)70-39(34-68-41(52)25-21-17-22-33-50-40(51)32-29-36-27-30-38(31-28-36)43(54)37-23-18-16-19-24-37)35-69-78(66,67)74-46-44(55)47(71-75(57,58)59)49(73-77(63,64)65)48(45(46)56)72-76(60,61)62/h16,18-19,23-24,27-28,30-31,39,44-49,55-56H,2-15,17,20-22,25-26,29,32-35H2,1H3,(H,50,51)(H,66,67)(H2,57,58,59)(H2,60,61,62)(H2,63,64,65)/t39-,44-,45-,46?,47-,48+,49?/m0/s1/i29T,32T/t29?,32?,39-,44-,45-,46?,47-,48+,49?. The number of benzene rings is 2. The van der Waals surface area contributed by atoms with Gasteiger partial charge in [-0.15, -0.1) is 0 Å². The van der Waals surface area contributed by atoms with E-state index in [1.54, 1.807) is 30.3 Å². The van der Waals surface area contributed by atoms with Crippen molar-refractivity contribution in [3.05, 3.63) is 71.3 Å². The highest BCUT2D eigenvalue weighted by Gasteiger charge is 2.59. The number of phosphoric ester groups is 4. The summed E-state index contributed by atoms with van der Waals surface area (Å²) < 4.78 is 99.0. The second-order valence-electron chi connectivity index (χ2n) is 18.7. The van der Waals surface area contributed by atoms with Crippen LogP contribution in [0, 0.1) is 0 Å². The first kappa shape index (κ1) is 65.7. The maximum Gasteiger partial charge on any atom is 0.472 e. The number of carbonyl (C=O) groups excluding carboxylic acids is 4. The van der Waals surface area contributed by atoms with Crippen molar-refractivity contribution in [3.8, 4) is 0 Å². The summed E-state index contributed by atoms with van der Waals surface area (Å²) in [6.45, 7) is 0.425. The van der Waals surface area contributed by atoms with E-state index in [0.29, 0.717) is 42.4 Å². The van der Waals surface area contributed by atoms with Crippen LogP contribution >= 0.6 is 31.3 Å². The first-order chi connectivity index (χ1) is 37.6. The van der Waals surface area contributed by atoms with Crippen molar-refractivity contribution in [3.63, 3.8) is 0 Å². The van der Waals surface area contributed by atoms with Gasteiger partial charge < -0.3 is 59.3 Å². The molecule has 1 saturated carbocycles. The number of amides is 1. The Hall–Kier alpha value is -3.12. The Bertz CT molecular complexity index is 2340. The smallest absolute Gasteiger partial charge is 0.462 e. The minimum absolute atomic E-state index is 0.101. The highest BCUT2D eigenvalue weighted by Crippen LogP contribution is 2.53. The lowest BCUT2D eigenvalue weighted by Gasteiger charge is -2.45.